The van der Waals surface area contributed by atoms with Gasteiger partial charge in [0.05, 0.1) is 15.7 Å². The lowest BCUT2D eigenvalue weighted by atomic mass is 10.5. The first-order valence-electron chi connectivity index (χ1n) is 5.50. The largest absolute Gasteiger partial charge is 0.326 e. The molecule has 0 aliphatic rings. The summed E-state index contributed by atoms with van der Waals surface area (Å²) in [5.74, 6) is 0. The number of nitrogens with one attached hydrogen (secondary N) is 1. The van der Waals surface area contributed by atoms with Gasteiger partial charge in [0.15, 0.2) is 0 Å². The van der Waals surface area contributed by atoms with Gasteiger partial charge in [0.25, 0.3) is 10.0 Å². The van der Waals surface area contributed by atoms with E-state index in [1.165, 1.54) is 17.5 Å². The van der Waals surface area contributed by atoms with Gasteiger partial charge < -0.3 is 5.73 Å². The van der Waals surface area contributed by atoms with Gasteiger partial charge in [-0.3, -0.25) is 9.40 Å². The first-order valence-corrected chi connectivity index (χ1v) is 8.59. The number of thiophene rings is 1. The van der Waals surface area contributed by atoms with Crippen molar-refractivity contribution in [3.63, 3.8) is 0 Å². The molecule has 0 aliphatic heterocycles. The van der Waals surface area contributed by atoms with Crippen LogP contribution in [-0.4, -0.2) is 18.2 Å². The Kier molecular flexibility index (Phi) is 4.29. The highest BCUT2D eigenvalue weighted by atomic mass is 79.9. The molecule has 0 saturated carbocycles. The summed E-state index contributed by atoms with van der Waals surface area (Å²) in [6.07, 6.45) is 3.12. The zero-order chi connectivity index (χ0) is 14.0. The molecule has 0 amide bonds. The average molecular weight is 365 g/mol. The number of halogens is 1. The van der Waals surface area contributed by atoms with Gasteiger partial charge in [0, 0.05) is 24.2 Å². The minimum absolute atomic E-state index is 0.196. The van der Waals surface area contributed by atoms with Crippen LogP contribution in [0.5, 0.6) is 0 Å². The molecule has 104 valence electrons. The molecule has 0 radical (unpaired) electrons. The summed E-state index contributed by atoms with van der Waals surface area (Å²) < 4.78 is 29.2. The van der Waals surface area contributed by atoms with E-state index in [-0.39, 0.29) is 4.90 Å². The van der Waals surface area contributed by atoms with Gasteiger partial charge in [-0.25, -0.2) is 8.42 Å². The van der Waals surface area contributed by atoms with Crippen LogP contribution < -0.4 is 10.5 Å². The Balaban J connectivity index is 2.29. The maximum Gasteiger partial charge on any atom is 0.263 e. The Morgan fingerprint density at radius 3 is 2.84 bits per heavy atom. The van der Waals surface area contributed by atoms with Gasteiger partial charge in [0.2, 0.25) is 0 Å². The van der Waals surface area contributed by atoms with Crippen LogP contribution in [-0.2, 0) is 23.1 Å². The summed E-state index contributed by atoms with van der Waals surface area (Å²) in [6.45, 7) is 2.92. The van der Waals surface area contributed by atoms with Crippen LogP contribution in [0.3, 0.4) is 0 Å². The van der Waals surface area contributed by atoms with E-state index in [1.807, 2.05) is 6.92 Å². The molecule has 0 fully saturated rings. The summed E-state index contributed by atoms with van der Waals surface area (Å²) in [5.41, 5.74) is 5.95. The average Bonchev–Trinajstić information content (AvgIpc) is 2.95. The monoisotopic (exact) mass is 364 g/mol. The Morgan fingerprint density at radius 2 is 2.32 bits per heavy atom. The van der Waals surface area contributed by atoms with Crippen molar-refractivity contribution in [2.24, 2.45) is 5.73 Å². The highest BCUT2D eigenvalue weighted by Gasteiger charge is 2.21. The number of hydrogen-bond acceptors (Lipinski definition) is 5. The van der Waals surface area contributed by atoms with Gasteiger partial charge >= 0.3 is 0 Å². The van der Waals surface area contributed by atoms with Gasteiger partial charge in [0.1, 0.15) is 4.90 Å². The number of aryl methyl sites for hydroxylation is 1. The molecule has 0 bridgehead atoms. The molecule has 2 aromatic rings. The molecule has 2 aromatic heterocycles. The quantitative estimate of drug-likeness (QED) is 0.848. The molecular formula is C10H13BrN4O2S2. The highest BCUT2D eigenvalue weighted by molar-refractivity contribution is 9.11. The lowest BCUT2D eigenvalue weighted by molar-refractivity contribution is 0.601. The summed E-state index contributed by atoms with van der Waals surface area (Å²) in [6, 6.07) is 1.57. The predicted molar refractivity (Wildman–Crippen MR) is 78.6 cm³/mol. The van der Waals surface area contributed by atoms with Gasteiger partial charge in [-0.2, -0.15) is 5.10 Å². The summed E-state index contributed by atoms with van der Waals surface area (Å²) >= 11 is 4.56. The van der Waals surface area contributed by atoms with E-state index in [9.17, 15) is 8.42 Å². The Morgan fingerprint density at radius 1 is 1.58 bits per heavy atom. The zero-order valence-corrected chi connectivity index (χ0v) is 13.3. The van der Waals surface area contributed by atoms with Crippen molar-refractivity contribution in [1.29, 1.82) is 0 Å². The van der Waals surface area contributed by atoms with E-state index in [0.717, 1.165) is 4.88 Å². The number of nitrogens with two attached hydrogens (primary N) is 1. The van der Waals surface area contributed by atoms with Crippen LogP contribution in [0, 0.1) is 0 Å². The minimum atomic E-state index is -3.62. The molecule has 0 aromatic carbocycles. The third kappa shape index (κ3) is 3.16. The fourth-order valence-corrected chi connectivity index (χ4v) is 5.07. The first-order chi connectivity index (χ1) is 8.96. The van der Waals surface area contributed by atoms with Gasteiger partial charge in [-0.05, 0) is 28.9 Å². The van der Waals surface area contributed by atoms with E-state index < -0.39 is 10.0 Å². The maximum atomic E-state index is 12.2. The van der Waals surface area contributed by atoms with E-state index in [2.05, 4.69) is 25.8 Å². The van der Waals surface area contributed by atoms with E-state index >= 15 is 0 Å². The van der Waals surface area contributed by atoms with Gasteiger partial charge in [-0.15, -0.1) is 11.3 Å². The molecular weight excluding hydrogens is 352 g/mol. The first kappa shape index (κ1) is 14.5. The second-order valence-electron chi connectivity index (χ2n) is 3.74. The van der Waals surface area contributed by atoms with E-state index in [4.69, 9.17) is 5.73 Å². The van der Waals surface area contributed by atoms with E-state index in [1.54, 1.807) is 16.9 Å². The van der Waals surface area contributed by atoms with Crippen LogP contribution in [0.25, 0.3) is 0 Å². The van der Waals surface area contributed by atoms with Crippen LogP contribution in [0.1, 0.15) is 11.8 Å². The van der Waals surface area contributed by atoms with Crippen molar-refractivity contribution in [2.75, 3.05) is 4.72 Å². The van der Waals surface area contributed by atoms with Crippen molar-refractivity contribution in [3.05, 3.63) is 27.1 Å². The third-order valence-electron chi connectivity index (χ3n) is 2.41. The molecule has 0 aliphatic carbocycles. The smallest absolute Gasteiger partial charge is 0.263 e. The predicted octanol–water partition coefficient (Wildman–Crippen LogP) is 1.99. The van der Waals surface area contributed by atoms with Crippen LogP contribution in [0.4, 0.5) is 5.69 Å². The fraction of sp³-hybridized carbons (Fsp3) is 0.300. The molecule has 0 saturated heterocycles. The lowest BCUT2D eigenvalue weighted by Crippen LogP contribution is -2.12. The standard InChI is InChI=1S/C10H13BrN4O2S2/c1-2-15-6-7(5-13-15)14-19(16,17)9-3-8(4-12)18-10(9)11/h3,5-6,14H,2,4,12H2,1H3. The third-order valence-corrected chi connectivity index (χ3v) is 6.06. The Hall–Kier alpha value is -0.900. The molecule has 0 spiro atoms. The van der Waals surface area contributed by atoms with Crippen molar-refractivity contribution < 1.29 is 8.42 Å². The number of hydrogen-bond donors (Lipinski definition) is 2. The highest BCUT2D eigenvalue weighted by Crippen LogP contribution is 2.32. The van der Waals surface area contributed by atoms with Crippen molar-refractivity contribution in [1.82, 2.24) is 9.78 Å². The number of rotatable bonds is 5. The normalized spacial score (nSPS) is 11.7. The van der Waals surface area contributed by atoms with Crippen LogP contribution in [0.2, 0.25) is 0 Å². The van der Waals surface area contributed by atoms with E-state index in [0.29, 0.717) is 22.6 Å². The molecule has 19 heavy (non-hydrogen) atoms. The Bertz CT molecular complexity index is 678. The number of aromatic nitrogens is 2. The molecule has 0 atom stereocenters. The van der Waals surface area contributed by atoms with Crippen molar-refractivity contribution >= 4 is 43.0 Å². The summed E-state index contributed by atoms with van der Waals surface area (Å²) in [4.78, 5) is 0.999. The number of anilines is 1. The Labute approximate surface area is 123 Å². The molecule has 9 heteroatoms. The maximum absolute atomic E-state index is 12.2. The number of sulfonamides is 1. The number of nitrogens with zero attached hydrogens (tertiary/aromatic N) is 2. The SMILES string of the molecule is CCn1cc(NS(=O)(=O)c2cc(CN)sc2Br)cn1. The lowest BCUT2D eigenvalue weighted by Gasteiger charge is -2.04. The summed E-state index contributed by atoms with van der Waals surface area (Å²) in [7, 11) is -3.62. The van der Waals surface area contributed by atoms with Crippen molar-refractivity contribution in [2.45, 2.75) is 24.9 Å². The topological polar surface area (TPSA) is 90.0 Å². The minimum Gasteiger partial charge on any atom is -0.326 e. The molecule has 2 heterocycles. The second-order valence-corrected chi connectivity index (χ2v) is 7.85. The van der Waals surface area contributed by atoms with Crippen LogP contribution >= 0.6 is 27.3 Å². The van der Waals surface area contributed by atoms with Gasteiger partial charge in [-0.1, -0.05) is 0 Å². The molecule has 0 unspecified atom stereocenters. The summed E-state index contributed by atoms with van der Waals surface area (Å²) in [5, 5.41) is 4.02. The fourth-order valence-electron chi connectivity index (χ4n) is 1.48. The molecule has 3 N–H and O–H groups in total. The molecule has 2 rings (SSSR count). The zero-order valence-electron chi connectivity index (χ0n) is 10.1. The van der Waals surface area contributed by atoms with Crippen LogP contribution in [0.15, 0.2) is 27.1 Å². The second kappa shape index (κ2) is 5.61. The molecule has 6 nitrogen and oxygen atoms in total. The van der Waals surface area contributed by atoms with Crippen molar-refractivity contribution in [3.8, 4) is 0 Å².